The van der Waals surface area contributed by atoms with E-state index in [0.29, 0.717) is 12.5 Å². The molecule has 0 radical (unpaired) electrons. The molecule has 1 aliphatic heterocycles. The van der Waals surface area contributed by atoms with Crippen LogP contribution in [0.4, 0.5) is 4.39 Å². The first-order valence-electron chi connectivity index (χ1n) is 7.56. The third-order valence-corrected chi connectivity index (χ3v) is 4.92. The first-order chi connectivity index (χ1) is 9.67. The van der Waals surface area contributed by atoms with Crippen LogP contribution in [-0.4, -0.2) is 24.5 Å². The van der Waals surface area contributed by atoms with E-state index in [2.05, 4.69) is 27.8 Å². The Kier molecular flexibility index (Phi) is 6.00. The molecule has 4 heteroatoms. The molecule has 20 heavy (non-hydrogen) atoms. The van der Waals surface area contributed by atoms with Gasteiger partial charge < -0.3 is 5.73 Å². The average molecular weight is 343 g/mol. The fourth-order valence-electron chi connectivity index (χ4n) is 3.29. The molecule has 0 spiro atoms. The van der Waals surface area contributed by atoms with Gasteiger partial charge in [-0.3, -0.25) is 4.90 Å². The molecule has 2 rings (SSSR count). The summed E-state index contributed by atoms with van der Waals surface area (Å²) in [7, 11) is 0. The normalized spacial score (nSPS) is 24.6. The highest BCUT2D eigenvalue weighted by Crippen LogP contribution is 2.38. The highest BCUT2D eigenvalue weighted by Gasteiger charge is 2.31. The van der Waals surface area contributed by atoms with Crippen molar-refractivity contribution >= 4 is 15.9 Å². The van der Waals surface area contributed by atoms with Crippen LogP contribution < -0.4 is 5.73 Å². The maximum Gasteiger partial charge on any atom is 0.123 e. The number of likely N-dealkylation sites (tertiary alicyclic amines) is 1. The Bertz CT molecular complexity index is 438. The lowest BCUT2D eigenvalue weighted by Gasteiger charge is -2.35. The van der Waals surface area contributed by atoms with Gasteiger partial charge in [-0.15, -0.1) is 0 Å². The molecule has 2 N–H and O–H groups in total. The molecular formula is C16H24BrFN2. The van der Waals surface area contributed by atoms with E-state index < -0.39 is 0 Å². The third-order valence-electron chi connectivity index (χ3n) is 4.20. The van der Waals surface area contributed by atoms with E-state index in [1.54, 1.807) is 6.07 Å². The van der Waals surface area contributed by atoms with Crippen molar-refractivity contribution < 1.29 is 4.39 Å². The molecule has 0 saturated carbocycles. The van der Waals surface area contributed by atoms with Crippen molar-refractivity contribution in [3.63, 3.8) is 0 Å². The largest absolute Gasteiger partial charge is 0.330 e. The molecular weight excluding hydrogens is 319 g/mol. The van der Waals surface area contributed by atoms with Crippen molar-refractivity contribution in [2.45, 2.75) is 38.6 Å². The van der Waals surface area contributed by atoms with E-state index in [9.17, 15) is 4.39 Å². The first-order valence-corrected chi connectivity index (χ1v) is 8.35. The first kappa shape index (κ1) is 15.9. The standard InChI is InChI=1S/C16H24BrFN2/c1-2-8-20-9-4-3-5-12(11-19)16(20)14-10-13(18)6-7-15(14)17/h6-7,10,12,16H,2-5,8-9,11,19H2,1H3. The second-order valence-corrected chi connectivity index (χ2v) is 6.49. The van der Waals surface area contributed by atoms with Gasteiger partial charge in [-0.25, -0.2) is 4.39 Å². The smallest absolute Gasteiger partial charge is 0.123 e. The summed E-state index contributed by atoms with van der Waals surface area (Å²) in [6.07, 6.45) is 4.66. The predicted octanol–water partition coefficient (Wildman–Crippen LogP) is 4.10. The molecule has 1 heterocycles. The van der Waals surface area contributed by atoms with Gasteiger partial charge in [-0.2, -0.15) is 0 Å². The molecule has 0 amide bonds. The molecule has 1 fully saturated rings. The Morgan fingerprint density at radius 2 is 2.20 bits per heavy atom. The van der Waals surface area contributed by atoms with Crippen molar-refractivity contribution in [1.29, 1.82) is 0 Å². The van der Waals surface area contributed by atoms with Crippen LogP contribution in [0.1, 0.15) is 44.2 Å². The summed E-state index contributed by atoms with van der Waals surface area (Å²) in [5.41, 5.74) is 7.06. The Labute approximate surface area is 129 Å². The van der Waals surface area contributed by atoms with Crippen molar-refractivity contribution in [2.75, 3.05) is 19.6 Å². The van der Waals surface area contributed by atoms with E-state index in [1.807, 2.05) is 6.07 Å². The zero-order chi connectivity index (χ0) is 14.5. The quantitative estimate of drug-likeness (QED) is 0.892. The van der Waals surface area contributed by atoms with Gasteiger partial charge in [0.05, 0.1) is 0 Å². The van der Waals surface area contributed by atoms with Gasteiger partial charge in [0.25, 0.3) is 0 Å². The summed E-state index contributed by atoms with van der Waals surface area (Å²) in [5, 5.41) is 0. The average Bonchev–Trinajstić information content (AvgIpc) is 2.64. The second kappa shape index (κ2) is 7.53. The number of halogens is 2. The van der Waals surface area contributed by atoms with Gasteiger partial charge in [0, 0.05) is 10.5 Å². The van der Waals surface area contributed by atoms with Crippen molar-refractivity contribution in [2.24, 2.45) is 11.7 Å². The zero-order valence-electron chi connectivity index (χ0n) is 12.1. The molecule has 0 bridgehead atoms. The molecule has 1 aliphatic rings. The van der Waals surface area contributed by atoms with E-state index in [4.69, 9.17) is 5.73 Å². The minimum absolute atomic E-state index is 0.167. The molecule has 112 valence electrons. The van der Waals surface area contributed by atoms with Crippen molar-refractivity contribution in [1.82, 2.24) is 4.90 Å². The van der Waals surface area contributed by atoms with Crippen LogP contribution >= 0.6 is 15.9 Å². The molecule has 1 aromatic carbocycles. The van der Waals surface area contributed by atoms with Gasteiger partial charge in [0.15, 0.2) is 0 Å². The van der Waals surface area contributed by atoms with Crippen LogP contribution in [0.3, 0.4) is 0 Å². The second-order valence-electron chi connectivity index (χ2n) is 5.64. The highest BCUT2D eigenvalue weighted by atomic mass is 79.9. The summed E-state index contributed by atoms with van der Waals surface area (Å²) < 4.78 is 14.7. The van der Waals surface area contributed by atoms with Crippen molar-refractivity contribution in [3.8, 4) is 0 Å². The van der Waals surface area contributed by atoms with E-state index in [-0.39, 0.29) is 11.9 Å². The maximum absolute atomic E-state index is 13.7. The fourth-order valence-corrected chi connectivity index (χ4v) is 3.77. The monoisotopic (exact) mass is 342 g/mol. The van der Waals surface area contributed by atoms with Crippen LogP contribution in [0.25, 0.3) is 0 Å². The zero-order valence-corrected chi connectivity index (χ0v) is 13.7. The lowest BCUT2D eigenvalue weighted by atomic mass is 9.89. The van der Waals surface area contributed by atoms with E-state index in [0.717, 1.165) is 36.0 Å². The van der Waals surface area contributed by atoms with E-state index in [1.165, 1.54) is 18.9 Å². The number of nitrogens with two attached hydrogens (primary N) is 1. The molecule has 2 nitrogen and oxygen atoms in total. The van der Waals surface area contributed by atoms with Crippen LogP contribution in [0.15, 0.2) is 22.7 Å². The summed E-state index contributed by atoms with van der Waals surface area (Å²) in [6, 6.07) is 5.22. The molecule has 0 aromatic heterocycles. The molecule has 0 aliphatic carbocycles. The van der Waals surface area contributed by atoms with Crippen LogP contribution in [-0.2, 0) is 0 Å². The van der Waals surface area contributed by atoms with Gasteiger partial charge in [-0.05, 0) is 68.6 Å². The Morgan fingerprint density at radius 3 is 2.90 bits per heavy atom. The van der Waals surface area contributed by atoms with Crippen LogP contribution in [0, 0.1) is 11.7 Å². The molecule has 1 aromatic rings. The van der Waals surface area contributed by atoms with Gasteiger partial charge >= 0.3 is 0 Å². The Hall–Kier alpha value is -0.450. The highest BCUT2D eigenvalue weighted by molar-refractivity contribution is 9.10. The minimum Gasteiger partial charge on any atom is -0.330 e. The SMILES string of the molecule is CCCN1CCCCC(CN)C1c1cc(F)ccc1Br. The van der Waals surface area contributed by atoms with Crippen LogP contribution in [0.5, 0.6) is 0 Å². The molecule has 1 saturated heterocycles. The summed E-state index contributed by atoms with van der Waals surface area (Å²) in [4.78, 5) is 2.49. The number of hydrogen-bond acceptors (Lipinski definition) is 2. The van der Waals surface area contributed by atoms with Gasteiger partial charge in [0.1, 0.15) is 5.82 Å². The van der Waals surface area contributed by atoms with Gasteiger partial charge in [-0.1, -0.05) is 29.3 Å². The molecule has 2 atom stereocenters. The van der Waals surface area contributed by atoms with E-state index >= 15 is 0 Å². The predicted molar refractivity (Wildman–Crippen MR) is 85.1 cm³/mol. The summed E-state index contributed by atoms with van der Waals surface area (Å²) in [5.74, 6) is 0.238. The Morgan fingerprint density at radius 1 is 1.40 bits per heavy atom. The molecule has 2 unspecified atom stereocenters. The number of rotatable bonds is 4. The number of benzene rings is 1. The van der Waals surface area contributed by atoms with Gasteiger partial charge in [0.2, 0.25) is 0 Å². The van der Waals surface area contributed by atoms with Crippen molar-refractivity contribution in [3.05, 3.63) is 34.1 Å². The minimum atomic E-state index is -0.167. The lowest BCUT2D eigenvalue weighted by molar-refractivity contribution is 0.157. The fraction of sp³-hybridized carbons (Fsp3) is 0.625. The summed E-state index contributed by atoms with van der Waals surface area (Å²) in [6.45, 7) is 4.98. The number of hydrogen-bond donors (Lipinski definition) is 1. The Balaban J connectivity index is 2.40. The van der Waals surface area contributed by atoms with Crippen LogP contribution in [0.2, 0.25) is 0 Å². The third kappa shape index (κ3) is 3.60. The summed E-state index contributed by atoms with van der Waals surface area (Å²) >= 11 is 3.59. The number of nitrogens with zero attached hydrogens (tertiary/aromatic N) is 1. The maximum atomic E-state index is 13.7. The topological polar surface area (TPSA) is 29.3 Å². The lowest BCUT2D eigenvalue weighted by Crippen LogP contribution is -2.36.